The van der Waals surface area contributed by atoms with E-state index in [2.05, 4.69) is 10.3 Å². The highest BCUT2D eigenvalue weighted by Gasteiger charge is 2.41. The van der Waals surface area contributed by atoms with Gasteiger partial charge in [0.1, 0.15) is 17.6 Å². The van der Waals surface area contributed by atoms with E-state index in [1.54, 1.807) is 24.4 Å². The third-order valence-corrected chi connectivity index (χ3v) is 5.87. The number of esters is 1. The lowest BCUT2D eigenvalue weighted by Crippen LogP contribution is -2.30. The fourth-order valence-electron chi connectivity index (χ4n) is 3.92. The largest absolute Gasteiger partial charge is 0.478 e. The number of carboxylic acid groups (broad SMARTS) is 1. The lowest BCUT2D eigenvalue weighted by molar-refractivity contribution is -0.140. The van der Waals surface area contributed by atoms with Crippen LogP contribution in [0.4, 0.5) is 0 Å². The van der Waals surface area contributed by atoms with Gasteiger partial charge in [-0.2, -0.15) is 0 Å². The SMILES string of the molecule is COC(=O)CCCN1C(=S)NC(c2ccccn2)C1c1ccc(-c2cccc(C(=O)O)c2)o1. The third-order valence-electron chi connectivity index (χ3n) is 5.52. The van der Waals surface area contributed by atoms with Gasteiger partial charge in [0.05, 0.1) is 24.4 Å². The number of aromatic carboxylic acids is 1. The van der Waals surface area contributed by atoms with E-state index in [4.69, 9.17) is 21.4 Å². The molecule has 3 heterocycles. The maximum absolute atomic E-state index is 11.6. The molecule has 2 N–H and O–H groups in total. The van der Waals surface area contributed by atoms with E-state index in [1.807, 2.05) is 35.2 Å². The quantitative estimate of drug-likeness (QED) is 0.378. The van der Waals surface area contributed by atoms with Gasteiger partial charge in [0.25, 0.3) is 0 Å². The van der Waals surface area contributed by atoms with Gasteiger partial charge in [0, 0.05) is 24.7 Å². The van der Waals surface area contributed by atoms with Gasteiger partial charge in [-0.15, -0.1) is 0 Å². The van der Waals surface area contributed by atoms with Crippen LogP contribution in [0.1, 0.15) is 46.7 Å². The number of carbonyl (C=O) groups is 2. The molecule has 8 nitrogen and oxygen atoms in total. The number of pyridine rings is 1. The number of hydrogen-bond acceptors (Lipinski definition) is 6. The molecule has 0 bridgehead atoms. The van der Waals surface area contributed by atoms with Gasteiger partial charge in [-0.1, -0.05) is 18.2 Å². The van der Waals surface area contributed by atoms with Crippen LogP contribution in [0.3, 0.4) is 0 Å². The summed E-state index contributed by atoms with van der Waals surface area (Å²) in [6.45, 7) is 0.527. The Bertz CT molecular complexity index is 1160. The van der Waals surface area contributed by atoms with Crippen LogP contribution in [0.15, 0.2) is 65.2 Å². The minimum atomic E-state index is -0.999. The van der Waals surface area contributed by atoms with Crippen LogP contribution in [0, 0.1) is 0 Å². The summed E-state index contributed by atoms with van der Waals surface area (Å²) in [4.78, 5) is 29.4. The van der Waals surface area contributed by atoms with Crippen molar-refractivity contribution in [3.05, 3.63) is 77.8 Å². The maximum atomic E-state index is 11.6. The molecule has 2 unspecified atom stereocenters. The number of hydrogen-bond donors (Lipinski definition) is 2. The Balaban J connectivity index is 1.66. The number of nitrogens with one attached hydrogen (secondary N) is 1. The smallest absolute Gasteiger partial charge is 0.335 e. The molecule has 0 aliphatic carbocycles. The first kappa shape index (κ1) is 22.5. The molecule has 3 aromatic rings. The second-order valence-electron chi connectivity index (χ2n) is 7.59. The number of aromatic nitrogens is 1. The summed E-state index contributed by atoms with van der Waals surface area (Å²) in [7, 11) is 1.37. The Morgan fingerprint density at radius 2 is 2.06 bits per heavy atom. The molecule has 1 saturated heterocycles. The second kappa shape index (κ2) is 9.83. The molecule has 1 aliphatic rings. The molecular formula is C24H23N3O5S. The van der Waals surface area contributed by atoms with Crippen molar-refractivity contribution >= 4 is 29.3 Å². The summed E-state index contributed by atoms with van der Waals surface area (Å²) in [5.41, 5.74) is 1.66. The molecule has 1 aromatic carbocycles. The summed E-state index contributed by atoms with van der Waals surface area (Å²) in [6, 6.07) is 15.4. The lowest BCUT2D eigenvalue weighted by Gasteiger charge is -2.25. The molecule has 1 fully saturated rings. The van der Waals surface area contributed by atoms with Crippen molar-refractivity contribution in [2.45, 2.75) is 24.9 Å². The van der Waals surface area contributed by atoms with E-state index in [1.165, 1.54) is 13.2 Å². The fraction of sp³-hybridized carbons (Fsp3) is 0.250. The van der Waals surface area contributed by atoms with Crippen molar-refractivity contribution < 1.29 is 23.8 Å². The van der Waals surface area contributed by atoms with Gasteiger partial charge in [-0.3, -0.25) is 9.78 Å². The van der Waals surface area contributed by atoms with Crippen LogP contribution < -0.4 is 5.32 Å². The predicted molar refractivity (Wildman–Crippen MR) is 125 cm³/mol. The number of ether oxygens (including phenoxy) is 1. The van der Waals surface area contributed by atoms with E-state index in [-0.39, 0.29) is 30.0 Å². The Morgan fingerprint density at radius 3 is 2.79 bits per heavy atom. The zero-order chi connectivity index (χ0) is 23.4. The Morgan fingerprint density at radius 1 is 1.21 bits per heavy atom. The lowest BCUT2D eigenvalue weighted by atomic mass is 10.0. The molecule has 9 heteroatoms. The minimum Gasteiger partial charge on any atom is -0.478 e. The molecule has 4 rings (SSSR count). The molecule has 1 aliphatic heterocycles. The Labute approximate surface area is 196 Å². The van der Waals surface area contributed by atoms with E-state index in [9.17, 15) is 14.7 Å². The molecule has 170 valence electrons. The topological polar surface area (TPSA) is 105 Å². The van der Waals surface area contributed by atoms with Crippen LogP contribution in [0.2, 0.25) is 0 Å². The zero-order valence-corrected chi connectivity index (χ0v) is 18.7. The standard InChI is InChI=1S/C24H23N3O5S/c1-31-20(28)9-5-13-27-22(21(26-24(27)33)17-8-2-3-12-25-17)19-11-10-18(32-19)15-6-4-7-16(14-15)23(29)30/h2-4,6-8,10-12,14,21-22H,5,9,13H2,1H3,(H,26,33)(H,29,30). The molecular weight excluding hydrogens is 442 g/mol. The van der Waals surface area contributed by atoms with Crippen molar-refractivity contribution in [2.75, 3.05) is 13.7 Å². The highest BCUT2D eigenvalue weighted by molar-refractivity contribution is 7.80. The van der Waals surface area contributed by atoms with Crippen LogP contribution >= 0.6 is 12.2 Å². The van der Waals surface area contributed by atoms with Crippen LogP contribution in [0.5, 0.6) is 0 Å². The number of methoxy groups -OCH3 is 1. The monoisotopic (exact) mass is 465 g/mol. The number of carbonyl (C=O) groups excluding carboxylic acids is 1. The number of benzene rings is 1. The zero-order valence-electron chi connectivity index (χ0n) is 17.9. The van der Waals surface area contributed by atoms with E-state index >= 15 is 0 Å². The summed E-state index contributed by atoms with van der Waals surface area (Å²) >= 11 is 5.61. The highest BCUT2D eigenvalue weighted by atomic mass is 32.1. The summed E-state index contributed by atoms with van der Waals surface area (Å²) in [5.74, 6) is -0.0579. The number of rotatable bonds is 8. The van der Waals surface area contributed by atoms with Gasteiger partial charge in [0.15, 0.2) is 5.11 Å². The van der Waals surface area contributed by atoms with Gasteiger partial charge in [-0.05, 0) is 55.0 Å². The Kier molecular flexibility index (Phi) is 6.69. The van der Waals surface area contributed by atoms with Crippen molar-refractivity contribution in [3.63, 3.8) is 0 Å². The van der Waals surface area contributed by atoms with Crippen molar-refractivity contribution in [1.82, 2.24) is 15.2 Å². The fourth-order valence-corrected chi connectivity index (χ4v) is 4.26. The maximum Gasteiger partial charge on any atom is 0.335 e. The van der Waals surface area contributed by atoms with Crippen LogP contribution in [0.25, 0.3) is 11.3 Å². The molecule has 0 saturated carbocycles. The number of carboxylic acids is 1. The van der Waals surface area contributed by atoms with Gasteiger partial charge < -0.3 is 24.5 Å². The van der Waals surface area contributed by atoms with Crippen LogP contribution in [-0.2, 0) is 9.53 Å². The van der Waals surface area contributed by atoms with Gasteiger partial charge in [-0.25, -0.2) is 4.79 Å². The van der Waals surface area contributed by atoms with E-state index in [0.29, 0.717) is 35.2 Å². The third kappa shape index (κ3) is 4.88. The van der Waals surface area contributed by atoms with Crippen molar-refractivity contribution in [3.8, 4) is 11.3 Å². The summed E-state index contributed by atoms with van der Waals surface area (Å²) in [5, 5.41) is 13.2. The number of furan rings is 1. The predicted octanol–water partition coefficient (Wildman–Crippen LogP) is 3.97. The molecule has 0 spiro atoms. The minimum absolute atomic E-state index is 0.185. The van der Waals surface area contributed by atoms with Crippen molar-refractivity contribution in [2.24, 2.45) is 0 Å². The number of thiocarbonyl (C=S) groups is 1. The first-order valence-electron chi connectivity index (χ1n) is 10.5. The van der Waals surface area contributed by atoms with Crippen molar-refractivity contribution in [1.29, 1.82) is 0 Å². The first-order chi connectivity index (χ1) is 16.0. The molecule has 2 atom stereocenters. The summed E-state index contributed by atoms with van der Waals surface area (Å²) < 4.78 is 11.0. The van der Waals surface area contributed by atoms with Gasteiger partial charge in [0.2, 0.25) is 0 Å². The van der Waals surface area contributed by atoms with Gasteiger partial charge >= 0.3 is 11.9 Å². The second-order valence-corrected chi connectivity index (χ2v) is 7.97. The average Bonchev–Trinajstić information content (AvgIpc) is 3.44. The summed E-state index contributed by atoms with van der Waals surface area (Å²) in [6.07, 6.45) is 2.57. The molecule has 0 amide bonds. The first-order valence-corrected chi connectivity index (χ1v) is 10.9. The Hall–Kier alpha value is -3.72. The molecule has 33 heavy (non-hydrogen) atoms. The van der Waals surface area contributed by atoms with E-state index in [0.717, 1.165) is 5.69 Å². The molecule has 2 aromatic heterocycles. The number of nitrogens with zero attached hydrogens (tertiary/aromatic N) is 2. The normalized spacial score (nSPS) is 17.6. The average molecular weight is 466 g/mol. The van der Waals surface area contributed by atoms with E-state index < -0.39 is 5.97 Å². The molecule has 0 radical (unpaired) electrons. The highest BCUT2D eigenvalue weighted by Crippen LogP contribution is 2.40. The van der Waals surface area contributed by atoms with Crippen LogP contribution in [-0.4, -0.2) is 45.7 Å².